The fourth-order valence-corrected chi connectivity index (χ4v) is 8.36. The maximum absolute atomic E-state index is 5.42. The van der Waals surface area contributed by atoms with Crippen molar-refractivity contribution in [3.63, 3.8) is 0 Å². The number of fused-ring (bicyclic) bond motifs is 7. The third-order valence-electron chi connectivity index (χ3n) is 10.9. The second-order valence-corrected chi connectivity index (χ2v) is 14.2. The maximum atomic E-state index is 5.42. The summed E-state index contributed by atoms with van der Waals surface area (Å²) in [7, 11) is 0. The summed E-state index contributed by atoms with van der Waals surface area (Å²) >= 11 is 0. The first-order valence-electron chi connectivity index (χ1n) is 19.0. The van der Waals surface area contributed by atoms with E-state index < -0.39 is 0 Å². The van der Waals surface area contributed by atoms with E-state index >= 15 is 0 Å². The summed E-state index contributed by atoms with van der Waals surface area (Å²) in [6.07, 6.45) is 0. The van der Waals surface area contributed by atoms with E-state index in [1.165, 1.54) is 43.7 Å². The lowest BCUT2D eigenvalue weighted by atomic mass is 10.0. The van der Waals surface area contributed by atoms with E-state index in [1.54, 1.807) is 0 Å². The number of aromatic nitrogens is 4. The summed E-state index contributed by atoms with van der Waals surface area (Å²) in [5.41, 5.74) is 13.2. The van der Waals surface area contributed by atoms with Crippen LogP contribution in [0.5, 0.6) is 0 Å². The van der Waals surface area contributed by atoms with Crippen LogP contribution in [-0.2, 0) is 0 Å². The summed E-state index contributed by atoms with van der Waals surface area (Å²) in [6.45, 7) is 0. The van der Waals surface area contributed by atoms with Gasteiger partial charge in [-0.05, 0) is 58.7 Å². The summed E-state index contributed by atoms with van der Waals surface area (Å²) in [6, 6.07) is 73.1. The Bertz CT molecular complexity index is 3220. The maximum Gasteiger partial charge on any atom is 0.162 e. The van der Waals surface area contributed by atoms with Crippen molar-refractivity contribution in [3.05, 3.63) is 206 Å². The van der Waals surface area contributed by atoms with Crippen molar-refractivity contribution in [3.8, 4) is 56.4 Å². The summed E-state index contributed by atoms with van der Waals surface area (Å²) in [5.74, 6) is 1.49. The van der Waals surface area contributed by atoms with E-state index in [2.05, 4.69) is 209 Å². The van der Waals surface area contributed by atoms with Gasteiger partial charge in [0, 0.05) is 44.4 Å². The Kier molecular flexibility index (Phi) is 7.46. The molecule has 0 aliphatic heterocycles. The Hall–Kier alpha value is -7.56. The van der Waals surface area contributed by atoms with E-state index in [4.69, 9.17) is 9.97 Å². The lowest BCUT2D eigenvalue weighted by Gasteiger charge is -2.13. The second-order valence-electron chi connectivity index (χ2n) is 14.2. The van der Waals surface area contributed by atoms with Gasteiger partial charge in [0.05, 0.1) is 27.8 Å². The molecule has 3 heterocycles. The van der Waals surface area contributed by atoms with Gasteiger partial charge in [-0.2, -0.15) is 0 Å². The fraction of sp³-hybridized carbons (Fsp3) is 0. The van der Waals surface area contributed by atoms with E-state index in [0.717, 1.165) is 50.5 Å². The van der Waals surface area contributed by atoms with Crippen LogP contribution in [-0.4, -0.2) is 19.1 Å². The molecular weight excluding hydrogens is 681 g/mol. The highest BCUT2D eigenvalue weighted by Gasteiger charge is 2.22. The number of nitrogens with zero attached hydrogens (tertiary/aromatic N) is 4. The summed E-state index contributed by atoms with van der Waals surface area (Å²) < 4.78 is 4.75. The standard InChI is InChI=1S/C52H34N4/c1-4-15-35(16-5-1)37-27-29-38(30-28-37)45-34-49(54-52(53-45)40-20-14-19-39(33-40)36-17-6-2-7-18-36)56-47-26-13-11-24-44(47)50-48(56)32-31-43-42-23-10-12-25-46(42)55(51(43)50)41-21-8-3-9-22-41/h1-34H. The zero-order valence-corrected chi connectivity index (χ0v) is 30.4. The lowest BCUT2D eigenvalue weighted by Crippen LogP contribution is -2.02. The van der Waals surface area contributed by atoms with Crippen LogP contribution in [0.1, 0.15) is 0 Å². The first-order chi connectivity index (χ1) is 27.8. The number of benzene rings is 8. The van der Waals surface area contributed by atoms with Gasteiger partial charge in [0.2, 0.25) is 0 Å². The smallest absolute Gasteiger partial charge is 0.162 e. The van der Waals surface area contributed by atoms with Crippen molar-refractivity contribution in [1.29, 1.82) is 0 Å². The third kappa shape index (κ3) is 5.23. The quantitative estimate of drug-likeness (QED) is 0.172. The monoisotopic (exact) mass is 714 g/mol. The van der Waals surface area contributed by atoms with E-state index in [9.17, 15) is 0 Å². The molecule has 0 spiro atoms. The Morgan fingerprint density at radius 1 is 0.321 bits per heavy atom. The normalized spacial score (nSPS) is 11.6. The van der Waals surface area contributed by atoms with Crippen LogP contribution in [0.4, 0.5) is 0 Å². The van der Waals surface area contributed by atoms with Crippen molar-refractivity contribution >= 4 is 43.6 Å². The van der Waals surface area contributed by atoms with Gasteiger partial charge in [0.1, 0.15) is 5.82 Å². The molecule has 0 aliphatic rings. The number of rotatable bonds is 6. The molecule has 11 aromatic rings. The molecule has 0 fully saturated rings. The first-order valence-corrected chi connectivity index (χ1v) is 19.0. The molecule has 0 amide bonds. The van der Waals surface area contributed by atoms with Crippen LogP contribution in [0, 0.1) is 0 Å². The lowest BCUT2D eigenvalue weighted by molar-refractivity contribution is 1.05. The molecule has 0 saturated heterocycles. The van der Waals surface area contributed by atoms with Gasteiger partial charge in [0.25, 0.3) is 0 Å². The van der Waals surface area contributed by atoms with Gasteiger partial charge in [-0.15, -0.1) is 0 Å². The van der Waals surface area contributed by atoms with E-state index in [1.807, 2.05) is 6.07 Å². The summed E-state index contributed by atoms with van der Waals surface area (Å²) in [5, 5.41) is 4.82. The predicted molar refractivity (Wildman–Crippen MR) is 232 cm³/mol. The van der Waals surface area contributed by atoms with Crippen LogP contribution in [0.3, 0.4) is 0 Å². The molecule has 3 aromatic heterocycles. The zero-order chi connectivity index (χ0) is 37.0. The van der Waals surface area contributed by atoms with Crippen molar-refractivity contribution in [1.82, 2.24) is 19.1 Å². The molecule has 8 aromatic carbocycles. The average Bonchev–Trinajstić information content (AvgIpc) is 3.80. The van der Waals surface area contributed by atoms with Crippen LogP contribution in [0.25, 0.3) is 100 Å². The van der Waals surface area contributed by atoms with Crippen molar-refractivity contribution in [2.75, 3.05) is 0 Å². The Balaban J connectivity index is 1.19. The molecule has 4 nitrogen and oxygen atoms in total. The van der Waals surface area contributed by atoms with Crippen molar-refractivity contribution < 1.29 is 0 Å². The van der Waals surface area contributed by atoms with Gasteiger partial charge < -0.3 is 4.57 Å². The first kappa shape index (κ1) is 31.9. The van der Waals surface area contributed by atoms with Crippen LogP contribution >= 0.6 is 0 Å². The molecule has 56 heavy (non-hydrogen) atoms. The molecule has 0 N–H and O–H groups in total. The van der Waals surface area contributed by atoms with E-state index in [-0.39, 0.29) is 0 Å². The SMILES string of the molecule is c1ccc(-c2ccc(-c3cc(-n4c5ccccc5c5c4ccc4c6ccccc6n(-c6ccccc6)c45)nc(-c4cccc(-c5ccccc5)c4)n3)cc2)cc1. The average molecular weight is 715 g/mol. The van der Waals surface area contributed by atoms with Gasteiger partial charge in [0.15, 0.2) is 5.82 Å². The van der Waals surface area contributed by atoms with Gasteiger partial charge in [-0.25, -0.2) is 9.97 Å². The second kappa shape index (κ2) is 13.1. The number of para-hydroxylation sites is 3. The van der Waals surface area contributed by atoms with Crippen LogP contribution < -0.4 is 0 Å². The highest BCUT2D eigenvalue weighted by Crippen LogP contribution is 2.42. The highest BCUT2D eigenvalue weighted by molar-refractivity contribution is 6.26. The van der Waals surface area contributed by atoms with Crippen molar-refractivity contribution in [2.45, 2.75) is 0 Å². The minimum atomic E-state index is 0.674. The number of hydrogen-bond acceptors (Lipinski definition) is 2. The molecule has 0 radical (unpaired) electrons. The predicted octanol–water partition coefficient (Wildman–Crippen LogP) is 13.3. The Morgan fingerprint density at radius 3 is 1.61 bits per heavy atom. The molecule has 0 unspecified atom stereocenters. The molecule has 0 saturated carbocycles. The molecule has 0 aliphatic carbocycles. The zero-order valence-electron chi connectivity index (χ0n) is 30.4. The van der Waals surface area contributed by atoms with Gasteiger partial charge in [-0.3, -0.25) is 4.57 Å². The topological polar surface area (TPSA) is 35.6 Å². The van der Waals surface area contributed by atoms with Crippen LogP contribution in [0.2, 0.25) is 0 Å². The Morgan fingerprint density at radius 2 is 0.875 bits per heavy atom. The highest BCUT2D eigenvalue weighted by atomic mass is 15.1. The minimum absolute atomic E-state index is 0.674. The number of hydrogen-bond donors (Lipinski definition) is 0. The third-order valence-corrected chi connectivity index (χ3v) is 10.9. The van der Waals surface area contributed by atoms with Gasteiger partial charge >= 0.3 is 0 Å². The molecule has 0 bridgehead atoms. The van der Waals surface area contributed by atoms with Gasteiger partial charge in [-0.1, -0.05) is 164 Å². The minimum Gasteiger partial charge on any atom is -0.309 e. The molecule has 11 rings (SSSR count). The molecule has 4 heteroatoms. The molecule has 0 atom stereocenters. The van der Waals surface area contributed by atoms with Crippen molar-refractivity contribution in [2.24, 2.45) is 0 Å². The largest absolute Gasteiger partial charge is 0.309 e. The fourth-order valence-electron chi connectivity index (χ4n) is 8.36. The van der Waals surface area contributed by atoms with E-state index in [0.29, 0.717) is 5.82 Å². The molecular formula is C52H34N4. The van der Waals surface area contributed by atoms with Crippen LogP contribution in [0.15, 0.2) is 206 Å². The molecule has 262 valence electrons. The Labute approximate surface area is 324 Å². The summed E-state index contributed by atoms with van der Waals surface area (Å²) in [4.78, 5) is 10.7.